The van der Waals surface area contributed by atoms with Crippen molar-refractivity contribution in [1.29, 1.82) is 0 Å². The van der Waals surface area contributed by atoms with Crippen molar-refractivity contribution >= 4 is 49.6 Å². The second-order valence-electron chi connectivity index (χ2n) is 6.98. The monoisotopic (exact) mass is 488 g/mol. The van der Waals surface area contributed by atoms with Crippen LogP contribution < -0.4 is 15.7 Å². The number of ether oxygens (including phenoxy) is 1. The van der Waals surface area contributed by atoms with Gasteiger partial charge in [-0.15, -0.1) is 11.3 Å². The second-order valence-corrected chi connectivity index (χ2v) is 8.98. The number of nitrogens with one attached hydrogen (secondary N) is 1. The number of nitrogens with zero attached hydrogens (tertiary/aromatic N) is 3. The van der Waals surface area contributed by atoms with Crippen LogP contribution in [0.4, 0.5) is 0 Å². The molecule has 30 heavy (non-hydrogen) atoms. The molecule has 0 spiro atoms. The molecule has 3 aromatic rings. The molecule has 4 rings (SSSR count). The Morgan fingerprint density at radius 2 is 2.23 bits per heavy atom. The number of amides is 1. The summed E-state index contributed by atoms with van der Waals surface area (Å²) >= 11 is 5.01. The number of rotatable bonds is 6. The first kappa shape index (κ1) is 20.7. The molecule has 0 radical (unpaired) electrons. The summed E-state index contributed by atoms with van der Waals surface area (Å²) in [4.78, 5) is 31.7. The maximum atomic E-state index is 12.9. The summed E-state index contributed by atoms with van der Waals surface area (Å²) in [5.41, 5.74) is 4.16. The van der Waals surface area contributed by atoms with Gasteiger partial charge in [0.25, 0.3) is 11.5 Å². The van der Waals surface area contributed by atoms with Crippen LogP contribution in [0.25, 0.3) is 10.2 Å². The number of halogens is 1. The minimum absolute atomic E-state index is 0.138. The number of aryl methyl sites for hydroxylation is 2. The lowest BCUT2D eigenvalue weighted by molar-refractivity contribution is -0.121. The van der Waals surface area contributed by atoms with Crippen LogP contribution in [-0.4, -0.2) is 28.3 Å². The molecule has 0 fully saturated rings. The zero-order chi connectivity index (χ0) is 21.1. The molecule has 1 aromatic carbocycles. The molecule has 9 heteroatoms. The van der Waals surface area contributed by atoms with Crippen molar-refractivity contribution in [2.75, 3.05) is 6.61 Å². The Morgan fingerprint density at radius 1 is 1.40 bits per heavy atom. The van der Waals surface area contributed by atoms with Crippen molar-refractivity contribution in [3.05, 3.63) is 55.4 Å². The number of hydrogen-bond donors (Lipinski definition) is 1. The van der Waals surface area contributed by atoms with Crippen LogP contribution in [-0.2, 0) is 24.2 Å². The van der Waals surface area contributed by atoms with Crippen LogP contribution in [0.1, 0.15) is 35.8 Å². The van der Waals surface area contributed by atoms with Gasteiger partial charge < -0.3 is 4.74 Å². The highest BCUT2D eigenvalue weighted by atomic mass is 79.9. The van der Waals surface area contributed by atoms with E-state index in [9.17, 15) is 9.59 Å². The standard InChI is InChI=1S/C21H21BrN4O3S/c1-2-29-16-8-7-14(22)9-13(16)10-24-25-18(27)11-26-12-23-20-19(21(26)28)15-5-3-4-6-17(15)30-20/h7-10,12H,2-6,11H2,1H3,(H,25,27)/b24-10-. The normalized spacial score (nSPS) is 13.5. The quantitative estimate of drug-likeness (QED) is 0.423. The lowest BCUT2D eigenvalue weighted by Gasteiger charge is -2.10. The molecule has 0 atom stereocenters. The molecular weight excluding hydrogens is 468 g/mol. The van der Waals surface area contributed by atoms with Crippen LogP contribution >= 0.6 is 27.3 Å². The van der Waals surface area contributed by atoms with Gasteiger partial charge in [-0.1, -0.05) is 15.9 Å². The topological polar surface area (TPSA) is 85.6 Å². The Bertz CT molecular complexity index is 1180. The molecule has 1 N–H and O–H groups in total. The van der Waals surface area contributed by atoms with E-state index < -0.39 is 5.91 Å². The number of benzene rings is 1. The fourth-order valence-corrected chi connectivity index (χ4v) is 5.16. The molecule has 7 nitrogen and oxygen atoms in total. The van der Waals surface area contributed by atoms with Crippen molar-refractivity contribution in [3.63, 3.8) is 0 Å². The molecule has 0 unspecified atom stereocenters. The molecule has 156 valence electrons. The molecule has 2 aromatic heterocycles. The third-order valence-corrected chi connectivity index (χ3v) is 6.61. The van der Waals surface area contributed by atoms with E-state index in [0.29, 0.717) is 17.7 Å². The first-order chi connectivity index (χ1) is 14.6. The smallest absolute Gasteiger partial charge is 0.262 e. The van der Waals surface area contributed by atoms with Crippen molar-refractivity contribution < 1.29 is 9.53 Å². The predicted molar refractivity (Wildman–Crippen MR) is 122 cm³/mol. The van der Waals surface area contributed by atoms with Crippen molar-refractivity contribution in [2.45, 2.75) is 39.2 Å². The lowest BCUT2D eigenvalue weighted by Crippen LogP contribution is -2.30. The summed E-state index contributed by atoms with van der Waals surface area (Å²) in [6.07, 6.45) is 7.11. The van der Waals surface area contributed by atoms with E-state index in [4.69, 9.17) is 4.74 Å². The van der Waals surface area contributed by atoms with Gasteiger partial charge in [0, 0.05) is 14.9 Å². The molecule has 1 aliphatic rings. The van der Waals surface area contributed by atoms with Gasteiger partial charge in [-0.25, -0.2) is 10.4 Å². The first-order valence-corrected chi connectivity index (χ1v) is 11.4. The Balaban J connectivity index is 1.49. The summed E-state index contributed by atoms with van der Waals surface area (Å²) in [6.45, 7) is 2.29. The molecule has 0 saturated carbocycles. The highest BCUT2D eigenvalue weighted by Gasteiger charge is 2.20. The zero-order valence-electron chi connectivity index (χ0n) is 16.5. The minimum Gasteiger partial charge on any atom is -0.493 e. The van der Waals surface area contributed by atoms with Crippen LogP contribution in [0.2, 0.25) is 0 Å². The van der Waals surface area contributed by atoms with Gasteiger partial charge in [-0.05, 0) is 56.4 Å². The maximum Gasteiger partial charge on any atom is 0.262 e. The Hall–Kier alpha value is -2.52. The number of thiophene rings is 1. The van der Waals surface area contributed by atoms with E-state index in [1.807, 2.05) is 25.1 Å². The molecule has 0 aliphatic heterocycles. The third kappa shape index (κ3) is 4.32. The van der Waals surface area contributed by atoms with Gasteiger partial charge in [-0.3, -0.25) is 14.2 Å². The van der Waals surface area contributed by atoms with Crippen LogP contribution in [0.3, 0.4) is 0 Å². The fourth-order valence-electron chi connectivity index (χ4n) is 3.56. The summed E-state index contributed by atoms with van der Waals surface area (Å²) in [7, 11) is 0. The Morgan fingerprint density at radius 3 is 3.07 bits per heavy atom. The van der Waals surface area contributed by atoms with E-state index in [-0.39, 0.29) is 12.1 Å². The van der Waals surface area contributed by atoms with Gasteiger partial charge in [0.15, 0.2) is 0 Å². The van der Waals surface area contributed by atoms with E-state index >= 15 is 0 Å². The minimum atomic E-state index is -0.397. The van der Waals surface area contributed by atoms with Crippen LogP contribution in [0.5, 0.6) is 5.75 Å². The van der Waals surface area contributed by atoms with E-state index in [1.165, 1.54) is 22.0 Å². The average Bonchev–Trinajstić information content (AvgIpc) is 3.11. The molecule has 0 bridgehead atoms. The predicted octanol–water partition coefficient (Wildman–Crippen LogP) is 3.65. The maximum absolute atomic E-state index is 12.9. The molecule has 0 saturated heterocycles. The first-order valence-electron chi connectivity index (χ1n) is 9.80. The second kappa shape index (κ2) is 9.09. The number of carbonyl (C=O) groups excluding carboxylic acids is 1. The number of carbonyl (C=O) groups is 1. The average molecular weight is 489 g/mol. The Kier molecular flexibility index (Phi) is 6.29. The summed E-state index contributed by atoms with van der Waals surface area (Å²) in [5.74, 6) is 0.276. The summed E-state index contributed by atoms with van der Waals surface area (Å²) in [5, 5.41) is 4.69. The van der Waals surface area contributed by atoms with Gasteiger partial charge >= 0.3 is 0 Å². The summed E-state index contributed by atoms with van der Waals surface area (Å²) in [6, 6.07) is 5.56. The molecule has 1 aliphatic carbocycles. The van der Waals surface area contributed by atoms with Crippen LogP contribution in [0, 0.1) is 0 Å². The Labute approximate surface area is 185 Å². The highest BCUT2D eigenvalue weighted by Crippen LogP contribution is 2.33. The largest absolute Gasteiger partial charge is 0.493 e. The van der Waals surface area contributed by atoms with Gasteiger partial charge in [0.1, 0.15) is 17.1 Å². The highest BCUT2D eigenvalue weighted by molar-refractivity contribution is 9.10. The number of hydrogen-bond acceptors (Lipinski definition) is 6. The van der Waals surface area contributed by atoms with Gasteiger partial charge in [-0.2, -0.15) is 5.10 Å². The lowest BCUT2D eigenvalue weighted by atomic mass is 9.97. The zero-order valence-corrected chi connectivity index (χ0v) is 18.9. The fraction of sp³-hybridized carbons (Fsp3) is 0.333. The van der Waals surface area contributed by atoms with Crippen LogP contribution in [0.15, 0.2) is 38.9 Å². The van der Waals surface area contributed by atoms with Gasteiger partial charge in [0.2, 0.25) is 0 Å². The molecule has 1 amide bonds. The van der Waals surface area contributed by atoms with Gasteiger partial charge in [0.05, 0.1) is 24.5 Å². The van der Waals surface area contributed by atoms with Crippen molar-refractivity contribution in [2.24, 2.45) is 5.10 Å². The summed E-state index contributed by atoms with van der Waals surface area (Å²) < 4.78 is 7.79. The number of aromatic nitrogens is 2. The SMILES string of the molecule is CCOc1ccc(Br)cc1/C=N\NC(=O)Cn1cnc2sc3c(c2c1=O)CCCC3. The van der Waals surface area contributed by atoms with E-state index in [0.717, 1.165) is 46.1 Å². The number of hydrazone groups is 1. The van der Waals surface area contributed by atoms with Crippen molar-refractivity contribution in [3.8, 4) is 5.75 Å². The molecule has 2 heterocycles. The van der Waals surface area contributed by atoms with Crippen molar-refractivity contribution in [1.82, 2.24) is 15.0 Å². The third-order valence-electron chi connectivity index (χ3n) is 4.92. The molecular formula is C21H21BrN4O3S. The number of fused-ring (bicyclic) bond motifs is 3. The van der Waals surface area contributed by atoms with E-state index in [2.05, 4.69) is 31.4 Å². The van der Waals surface area contributed by atoms with E-state index in [1.54, 1.807) is 11.3 Å².